The fourth-order valence-corrected chi connectivity index (χ4v) is 5.94. The van der Waals surface area contributed by atoms with Crippen molar-refractivity contribution in [1.29, 1.82) is 0 Å². The summed E-state index contributed by atoms with van der Waals surface area (Å²) in [6.07, 6.45) is 8.98. The molecule has 5 heterocycles. The number of hydrogen-bond donors (Lipinski definition) is 3. The number of aromatic nitrogens is 4. The first-order chi connectivity index (χ1) is 16.9. The lowest BCUT2D eigenvalue weighted by atomic mass is 9.71. The first-order valence-corrected chi connectivity index (χ1v) is 12.3. The van der Waals surface area contributed by atoms with Crippen LogP contribution < -0.4 is 5.32 Å². The van der Waals surface area contributed by atoms with E-state index in [1.54, 1.807) is 12.5 Å². The van der Waals surface area contributed by atoms with Crippen LogP contribution in [0.1, 0.15) is 49.6 Å². The maximum absolute atomic E-state index is 13.5. The van der Waals surface area contributed by atoms with E-state index in [-0.39, 0.29) is 30.2 Å². The van der Waals surface area contributed by atoms with Gasteiger partial charge in [0.1, 0.15) is 6.04 Å². The second kappa shape index (κ2) is 11.0. The highest BCUT2D eigenvalue weighted by atomic mass is 16.3. The number of carbonyl (C=O) groups excluding carboxylic acids is 2. The van der Waals surface area contributed by atoms with E-state index >= 15 is 0 Å². The number of piperidine rings is 3. The predicted octanol–water partition coefficient (Wildman–Crippen LogP) is 1.15. The van der Waals surface area contributed by atoms with Crippen LogP contribution in [-0.4, -0.2) is 78.1 Å². The molecule has 3 saturated heterocycles. The van der Waals surface area contributed by atoms with E-state index in [0.717, 1.165) is 62.4 Å². The Kier molecular flexibility index (Phi) is 7.84. The first-order valence-electron chi connectivity index (χ1n) is 12.3. The number of carboxylic acid groups (broad SMARTS) is 1. The number of aromatic amines is 1. The fraction of sp³-hybridized carbons (Fsp3) is 0.625. The number of hydrogen-bond acceptors (Lipinski definition) is 6. The summed E-state index contributed by atoms with van der Waals surface area (Å²) in [5.74, 6) is 0.677. The highest BCUT2D eigenvalue weighted by molar-refractivity contribution is 5.89. The first kappa shape index (κ1) is 24.9. The maximum Gasteiger partial charge on any atom is 0.290 e. The molecule has 2 aromatic heterocycles. The van der Waals surface area contributed by atoms with Crippen LogP contribution in [0.3, 0.4) is 0 Å². The molecule has 0 unspecified atom stereocenters. The van der Waals surface area contributed by atoms with Crippen molar-refractivity contribution in [2.24, 2.45) is 11.8 Å². The minimum absolute atomic E-state index is 0.0317. The summed E-state index contributed by atoms with van der Waals surface area (Å²) in [4.78, 5) is 46.8. The summed E-state index contributed by atoms with van der Waals surface area (Å²) >= 11 is 0. The summed E-state index contributed by atoms with van der Waals surface area (Å²) < 4.78 is 1.85. The van der Waals surface area contributed by atoms with Gasteiger partial charge in [-0.25, -0.2) is 4.98 Å². The number of imidazole rings is 1. The van der Waals surface area contributed by atoms with Gasteiger partial charge in [0, 0.05) is 68.6 Å². The minimum atomic E-state index is -0.395. The average molecular weight is 486 g/mol. The van der Waals surface area contributed by atoms with Crippen molar-refractivity contribution in [1.82, 2.24) is 34.9 Å². The molecule has 0 spiro atoms. The lowest BCUT2D eigenvalue weighted by Gasteiger charge is -2.55. The molecule has 3 N–H and O–H groups in total. The molecule has 2 aromatic rings. The van der Waals surface area contributed by atoms with Gasteiger partial charge in [0.2, 0.25) is 11.8 Å². The molecule has 4 atom stereocenters. The number of carbonyl (C=O) groups is 3. The molecular weight excluding hydrogens is 450 g/mol. The van der Waals surface area contributed by atoms with Crippen molar-refractivity contribution in [2.75, 3.05) is 13.1 Å². The largest absolute Gasteiger partial charge is 0.483 e. The van der Waals surface area contributed by atoms with Gasteiger partial charge in [-0.1, -0.05) is 0 Å². The van der Waals surface area contributed by atoms with Gasteiger partial charge in [0.15, 0.2) is 0 Å². The number of rotatable bonds is 6. The molecule has 35 heavy (non-hydrogen) atoms. The molecule has 0 aromatic carbocycles. The van der Waals surface area contributed by atoms with Gasteiger partial charge >= 0.3 is 0 Å². The standard InChI is InChI=1S/C23H33N7O2.CH2O2/c1-3-29-10-16(9-27-29)8-24-23(32)22-18-7-17(20-5-4-6-21(31)30(20)22)11-28(12-18)13-19-15(2)25-14-26-19;2-1-3/h9-10,14,17-18,20,22H,3-8,11-13H2,1-2H3,(H,24,32)(H,25,26);1H,(H,2,3)/t17-,18+,20+,22-;/m1./s1. The summed E-state index contributed by atoms with van der Waals surface area (Å²) in [6.45, 7) is 7.63. The zero-order chi connectivity index (χ0) is 24.9. The number of H-pyrrole nitrogens is 1. The van der Waals surface area contributed by atoms with Gasteiger partial charge in [-0.15, -0.1) is 0 Å². The van der Waals surface area contributed by atoms with E-state index in [1.807, 2.05) is 29.6 Å². The predicted molar refractivity (Wildman–Crippen MR) is 127 cm³/mol. The third-order valence-electron chi connectivity index (χ3n) is 7.47. The molecule has 0 radical (unpaired) electrons. The van der Waals surface area contributed by atoms with E-state index in [2.05, 4.69) is 25.3 Å². The van der Waals surface area contributed by atoms with Crippen molar-refractivity contribution in [2.45, 2.75) is 71.2 Å². The Morgan fingerprint density at radius 1 is 1.34 bits per heavy atom. The SMILES string of the molecule is CCn1cc(CNC(=O)[C@H]2[C@H]3C[C@H](CN(Cc4nc[nH]c4C)C3)[C@@H]3CCCC(=O)N32)cn1.O=CO. The van der Waals surface area contributed by atoms with Crippen LogP contribution in [-0.2, 0) is 34.0 Å². The van der Waals surface area contributed by atoms with Crippen LogP contribution in [0.5, 0.6) is 0 Å². The summed E-state index contributed by atoms with van der Waals surface area (Å²) in [7, 11) is 0. The number of amides is 2. The van der Waals surface area contributed by atoms with E-state index in [9.17, 15) is 9.59 Å². The van der Waals surface area contributed by atoms with Gasteiger partial charge in [-0.2, -0.15) is 5.10 Å². The Bertz CT molecular complexity index is 1030. The van der Waals surface area contributed by atoms with Crippen LogP contribution in [0, 0.1) is 18.8 Å². The molecule has 3 aliphatic rings. The quantitative estimate of drug-likeness (QED) is 0.522. The minimum Gasteiger partial charge on any atom is -0.483 e. The van der Waals surface area contributed by atoms with Crippen LogP contribution in [0.15, 0.2) is 18.7 Å². The molecule has 11 heteroatoms. The Morgan fingerprint density at radius 3 is 2.80 bits per heavy atom. The van der Waals surface area contributed by atoms with Gasteiger partial charge in [0.25, 0.3) is 6.47 Å². The van der Waals surface area contributed by atoms with E-state index in [4.69, 9.17) is 9.90 Å². The number of nitrogens with zero attached hydrogens (tertiary/aromatic N) is 5. The van der Waals surface area contributed by atoms with Crippen LogP contribution in [0.4, 0.5) is 0 Å². The van der Waals surface area contributed by atoms with Gasteiger partial charge < -0.3 is 20.3 Å². The van der Waals surface area contributed by atoms with E-state index < -0.39 is 6.04 Å². The maximum atomic E-state index is 13.5. The second-order valence-corrected chi connectivity index (χ2v) is 9.66. The van der Waals surface area contributed by atoms with Crippen molar-refractivity contribution in [3.05, 3.63) is 35.7 Å². The summed E-state index contributed by atoms with van der Waals surface area (Å²) in [5.41, 5.74) is 3.14. The third kappa shape index (κ3) is 5.39. The third-order valence-corrected chi connectivity index (χ3v) is 7.47. The lowest BCUT2D eigenvalue weighted by Crippen LogP contribution is -2.68. The molecule has 3 fully saturated rings. The Balaban J connectivity index is 0.000000917. The Hall–Kier alpha value is -3.21. The molecule has 2 bridgehead atoms. The Labute approximate surface area is 204 Å². The van der Waals surface area contributed by atoms with Crippen molar-refractivity contribution < 1.29 is 19.5 Å². The van der Waals surface area contributed by atoms with Crippen molar-refractivity contribution >= 4 is 18.3 Å². The number of likely N-dealkylation sites (tertiary alicyclic amines) is 1. The zero-order valence-corrected chi connectivity index (χ0v) is 20.4. The molecular formula is C24H35N7O4. The zero-order valence-electron chi connectivity index (χ0n) is 20.4. The number of fused-ring (bicyclic) bond motifs is 4. The summed E-state index contributed by atoms with van der Waals surface area (Å²) in [5, 5.41) is 14.3. The molecule has 11 nitrogen and oxygen atoms in total. The monoisotopic (exact) mass is 485 g/mol. The molecule has 190 valence electrons. The van der Waals surface area contributed by atoms with Crippen LogP contribution >= 0.6 is 0 Å². The van der Waals surface area contributed by atoms with Crippen molar-refractivity contribution in [3.63, 3.8) is 0 Å². The normalized spacial score (nSPS) is 25.9. The molecule has 2 amide bonds. The van der Waals surface area contributed by atoms with Crippen LogP contribution in [0.25, 0.3) is 0 Å². The fourth-order valence-electron chi connectivity index (χ4n) is 5.94. The molecule has 0 aliphatic carbocycles. The lowest BCUT2D eigenvalue weighted by molar-refractivity contribution is -0.160. The van der Waals surface area contributed by atoms with E-state index in [0.29, 0.717) is 18.9 Å². The molecule has 0 saturated carbocycles. The smallest absolute Gasteiger partial charge is 0.290 e. The average Bonchev–Trinajstić information content (AvgIpc) is 3.47. The Morgan fingerprint density at radius 2 is 2.11 bits per heavy atom. The van der Waals surface area contributed by atoms with Gasteiger partial charge in [0.05, 0.1) is 18.2 Å². The second-order valence-electron chi connectivity index (χ2n) is 9.66. The van der Waals surface area contributed by atoms with Crippen LogP contribution in [0.2, 0.25) is 0 Å². The molecule has 5 rings (SSSR count). The van der Waals surface area contributed by atoms with Gasteiger partial charge in [-0.05, 0) is 39.0 Å². The van der Waals surface area contributed by atoms with E-state index in [1.165, 1.54) is 0 Å². The van der Waals surface area contributed by atoms with Gasteiger partial charge in [-0.3, -0.25) is 24.0 Å². The highest BCUT2D eigenvalue weighted by Crippen LogP contribution is 2.42. The topological polar surface area (TPSA) is 136 Å². The number of aryl methyl sites for hydroxylation is 2. The van der Waals surface area contributed by atoms with Crippen molar-refractivity contribution in [3.8, 4) is 0 Å². The molecule has 3 aliphatic heterocycles. The number of nitrogens with one attached hydrogen (secondary N) is 2. The summed E-state index contributed by atoms with van der Waals surface area (Å²) in [6, 6.07) is -0.234. The highest BCUT2D eigenvalue weighted by Gasteiger charge is 2.51.